The fraction of sp³-hybridized carbons (Fsp3) is 0.312. The molecule has 1 unspecified atom stereocenters. The standard InChI is InChI=1S/C16H23BN6O3S2/c1-11(24)18-8-9-19-15-14(17)10-20-16(22-15)21-12-4-6-13(7-5-12)27(2)23-28(3,25)26/h4-7,10H,8-9,17H2,1-3H3,(H,18,24)(H2,19,20,21,22). The Labute approximate surface area is 168 Å². The number of amides is 1. The summed E-state index contributed by atoms with van der Waals surface area (Å²) in [7, 11) is -2.22. The lowest BCUT2D eigenvalue weighted by atomic mass is 9.99. The lowest BCUT2D eigenvalue weighted by molar-refractivity contribution is -0.118. The molecule has 9 nitrogen and oxygen atoms in total. The maximum atomic E-state index is 11.3. The van der Waals surface area contributed by atoms with E-state index in [-0.39, 0.29) is 5.91 Å². The van der Waals surface area contributed by atoms with Gasteiger partial charge in [-0.15, -0.1) is 3.77 Å². The third-order valence-electron chi connectivity index (χ3n) is 3.46. The first kappa shape index (κ1) is 21.8. The Balaban J connectivity index is 2.06. The van der Waals surface area contributed by atoms with Crippen molar-refractivity contribution in [1.29, 1.82) is 0 Å². The monoisotopic (exact) mass is 422 g/mol. The molecule has 0 aliphatic rings. The highest BCUT2D eigenvalue weighted by molar-refractivity contribution is 7.99. The minimum absolute atomic E-state index is 0.0775. The van der Waals surface area contributed by atoms with Gasteiger partial charge in [0.15, 0.2) is 0 Å². The second kappa shape index (κ2) is 9.65. The van der Waals surface area contributed by atoms with Gasteiger partial charge in [-0.05, 0) is 36.0 Å². The van der Waals surface area contributed by atoms with Crippen molar-refractivity contribution in [2.45, 2.75) is 11.8 Å². The summed E-state index contributed by atoms with van der Waals surface area (Å²) in [6, 6.07) is 7.29. The summed E-state index contributed by atoms with van der Waals surface area (Å²) in [6.07, 6.45) is 4.55. The average Bonchev–Trinajstić information content (AvgIpc) is 2.60. The van der Waals surface area contributed by atoms with Crippen molar-refractivity contribution in [3.05, 3.63) is 30.5 Å². The Hall–Kier alpha value is -2.47. The van der Waals surface area contributed by atoms with Crippen LogP contribution in [0.5, 0.6) is 0 Å². The Bertz CT molecular complexity index is 980. The van der Waals surface area contributed by atoms with E-state index >= 15 is 0 Å². The third-order valence-corrected chi connectivity index (χ3v) is 6.39. The SMILES string of the molecule is Bc1cnc(Nc2ccc(/S(C)=N\S(C)(=O)=O)cc2)nc1NCCNC(C)=O. The highest BCUT2D eigenvalue weighted by Gasteiger charge is 2.06. The number of hydrogen-bond donors (Lipinski definition) is 3. The Kier molecular flexibility index (Phi) is 7.52. The summed E-state index contributed by atoms with van der Waals surface area (Å²) in [4.78, 5) is 20.4. The number of carbonyl (C=O) groups is 1. The Morgan fingerprint density at radius 2 is 1.93 bits per heavy atom. The van der Waals surface area contributed by atoms with Crippen LogP contribution in [-0.4, -0.2) is 57.7 Å². The molecule has 150 valence electrons. The van der Waals surface area contributed by atoms with Crippen LogP contribution in [0, 0.1) is 0 Å². The van der Waals surface area contributed by atoms with Crippen molar-refractivity contribution >= 4 is 57.4 Å². The number of benzene rings is 1. The molecule has 0 bridgehead atoms. The summed E-state index contributed by atoms with van der Waals surface area (Å²) in [6.45, 7) is 2.52. The zero-order valence-corrected chi connectivity index (χ0v) is 17.8. The van der Waals surface area contributed by atoms with Crippen LogP contribution < -0.4 is 21.4 Å². The van der Waals surface area contributed by atoms with Crippen molar-refractivity contribution < 1.29 is 13.2 Å². The number of carbonyl (C=O) groups excluding carboxylic acids is 1. The van der Waals surface area contributed by atoms with E-state index in [0.29, 0.717) is 24.9 Å². The van der Waals surface area contributed by atoms with Gasteiger partial charge in [0, 0.05) is 36.8 Å². The highest BCUT2D eigenvalue weighted by Crippen LogP contribution is 2.17. The Morgan fingerprint density at radius 1 is 1.25 bits per heavy atom. The lowest BCUT2D eigenvalue weighted by Crippen LogP contribution is -2.28. The van der Waals surface area contributed by atoms with Crippen molar-refractivity contribution in [2.75, 3.05) is 36.2 Å². The van der Waals surface area contributed by atoms with E-state index < -0.39 is 20.7 Å². The van der Waals surface area contributed by atoms with Gasteiger partial charge in [0.05, 0.1) is 6.26 Å². The fourth-order valence-corrected chi connectivity index (χ4v) is 4.71. The van der Waals surface area contributed by atoms with Crippen molar-refractivity contribution in [3.63, 3.8) is 0 Å². The van der Waals surface area contributed by atoms with Gasteiger partial charge in [0.25, 0.3) is 10.0 Å². The molecule has 1 amide bonds. The number of nitrogens with one attached hydrogen (secondary N) is 3. The fourth-order valence-electron chi connectivity index (χ4n) is 2.21. The molecule has 1 aromatic carbocycles. The van der Waals surface area contributed by atoms with Crippen LogP contribution in [-0.2, 0) is 25.5 Å². The minimum Gasteiger partial charge on any atom is -0.369 e. The largest absolute Gasteiger partial charge is 0.369 e. The van der Waals surface area contributed by atoms with E-state index in [1.807, 2.05) is 32.1 Å². The van der Waals surface area contributed by atoms with Crippen LogP contribution in [0.1, 0.15) is 6.92 Å². The summed E-state index contributed by atoms with van der Waals surface area (Å²) < 4.78 is 26.4. The predicted octanol–water partition coefficient (Wildman–Crippen LogP) is -0.223. The normalized spacial score (nSPS) is 12.4. The van der Waals surface area contributed by atoms with E-state index in [1.165, 1.54) is 6.92 Å². The molecule has 0 spiro atoms. The molecule has 2 aromatic rings. The zero-order chi connectivity index (χ0) is 20.7. The first-order chi connectivity index (χ1) is 13.1. The molecule has 0 saturated heterocycles. The number of rotatable bonds is 8. The smallest absolute Gasteiger partial charge is 0.256 e. The van der Waals surface area contributed by atoms with Crippen LogP contribution in [0.15, 0.2) is 39.1 Å². The van der Waals surface area contributed by atoms with Gasteiger partial charge < -0.3 is 16.0 Å². The minimum atomic E-state index is -3.38. The van der Waals surface area contributed by atoms with Gasteiger partial charge in [-0.25, -0.2) is 13.4 Å². The van der Waals surface area contributed by atoms with E-state index in [0.717, 1.165) is 22.3 Å². The topological polar surface area (TPSA) is 125 Å². The molecule has 1 heterocycles. The molecule has 0 aliphatic carbocycles. The van der Waals surface area contributed by atoms with E-state index in [2.05, 4.69) is 29.7 Å². The molecule has 1 atom stereocenters. The van der Waals surface area contributed by atoms with E-state index in [4.69, 9.17) is 0 Å². The molecule has 1 aromatic heterocycles. The number of sulfonamides is 1. The Morgan fingerprint density at radius 3 is 2.54 bits per heavy atom. The van der Waals surface area contributed by atoms with Gasteiger partial charge >= 0.3 is 0 Å². The van der Waals surface area contributed by atoms with Gasteiger partial charge in [-0.1, -0.05) is 10.7 Å². The van der Waals surface area contributed by atoms with Crippen molar-refractivity contribution in [3.8, 4) is 0 Å². The van der Waals surface area contributed by atoms with Gasteiger partial charge in [0.1, 0.15) is 13.7 Å². The molecule has 3 N–H and O–H groups in total. The summed E-state index contributed by atoms with van der Waals surface area (Å²) in [5.41, 5.74) is 1.66. The number of aromatic nitrogens is 2. The third kappa shape index (κ3) is 7.27. The first-order valence-corrected chi connectivity index (χ1v) is 11.9. The molecule has 0 aliphatic heterocycles. The molecule has 0 saturated carbocycles. The van der Waals surface area contributed by atoms with Crippen molar-refractivity contribution in [2.24, 2.45) is 3.77 Å². The molecule has 2 rings (SSSR count). The quantitative estimate of drug-likeness (QED) is 0.397. The molecule has 0 fully saturated rings. The van der Waals surface area contributed by atoms with Crippen LogP contribution >= 0.6 is 0 Å². The summed E-state index contributed by atoms with van der Waals surface area (Å²) in [5.74, 6) is 1.03. The number of anilines is 3. The van der Waals surface area contributed by atoms with Crippen LogP contribution in [0.3, 0.4) is 0 Å². The predicted molar refractivity (Wildman–Crippen MR) is 116 cm³/mol. The zero-order valence-electron chi connectivity index (χ0n) is 16.2. The molecule has 0 radical (unpaired) electrons. The molecular weight excluding hydrogens is 399 g/mol. The highest BCUT2D eigenvalue weighted by atomic mass is 32.3. The number of hydrogen-bond acceptors (Lipinski definition) is 7. The van der Waals surface area contributed by atoms with E-state index in [1.54, 1.807) is 12.5 Å². The van der Waals surface area contributed by atoms with Crippen molar-refractivity contribution in [1.82, 2.24) is 15.3 Å². The molecule has 12 heteroatoms. The van der Waals surface area contributed by atoms with E-state index in [9.17, 15) is 13.2 Å². The molecule has 28 heavy (non-hydrogen) atoms. The van der Waals surface area contributed by atoms with Gasteiger partial charge in [0.2, 0.25) is 11.9 Å². The summed E-state index contributed by atoms with van der Waals surface area (Å²) >= 11 is 0. The maximum Gasteiger partial charge on any atom is 0.256 e. The molecular formula is C16H23BN6O3S2. The van der Waals surface area contributed by atoms with Crippen LogP contribution in [0.2, 0.25) is 0 Å². The maximum absolute atomic E-state index is 11.3. The average molecular weight is 422 g/mol. The second-order valence-corrected chi connectivity index (χ2v) is 9.56. The van der Waals surface area contributed by atoms with Gasteiger partial charge in [-0.2, -0.15) is 4.98 Å². The first-order valence-electron chi connectivity index (χ1n) is 8.42. The van der Waals surface area contributed by atoms with Crippen LogP contribution in [0.4, 0.5) is 17.5 Å². The second-order valence-electron chi connectivity index (χ2n) is 6.07. The summed E-state index contributed by atoms with van der Waals surface area (Å²) in [5, 5.41) is 9.00. The number of nitrogens with zero attached hydrogens (tertiary/aromatic N) is 3. The van der Waals surface area contributed by atoms with Gasteiger partial charge in [-0.3, -0.25) is 4.79 Å². The van der Waals surface area contributed by atoms with Crippen LogP contribution in [0.25, 0.3) is 0 Å². The lowest BCUT2D eigenvalue weighted by Gasteiger charge is -2.11.